The summed E-state index contributed by atoms with van der Waals surface area (Å²) in [5.74, 6) is 2.65. The Labute approximate surface area is 539 Å². The first kappa shape index (κ1) is 79.0. The minimum atomic E-state index is -0.888. The second-order valence-electron chi connectivity index (χ2n) is 31.0. The summed E-state index contributed by atoms with van der Waals surface area (Å²) in [4.78, 5) is 86.1. The number of carbonyl (C=O) groups is 7. The number of aliphatic hydroxyl groups excluding tert-OH is 1. The molecule has 7 rings (SSSR count). The van der Waals surface area contributed by atoms with Crippen molar-refractivity contribution in [1.29, 1.82) is 0 Å². The van der Waals surface area contributed by atoms with Crippen molar-refractivity contribution in [3.05, 3.63) is 24.3 Å². The highest BCUT2D eigenvalue weighted by atomic mass is 16.6. The van der Waals surface area contributed by atoms with E-state index in [1.807, 2.05) is 86.6 Å². The Hall–Kier alpha value is -4.27. The van der Waals surface area contributed by atoms with Crippen molar-refractivity contribution >= 4 is 41.8 Å². The van der Waals surface area contributed by atoms with Crippen LogP contribution in [0.2, 0.25) is 0 Å². The van der Waals surface area contributed by atoms with E-state index in [1.54, 1.807) is 6.92 Å². The lowest BCUT2D eigenvalue weighted by molar-refractivity contribution is -0.185. The van der Waals surface area contributed by atoms with Crippen LogP contribution in [0.5, 0.6) is 0 Å². The highest BCUT2D eigenvalue weighted by molar-refractivity contribution is 5.81. The molecule has 0 amide bonds. The molecule has 16 unspecified atom stereocenters. The Balaban J connectivity index is 0.000000326. The Kier molecular flexibility index (Phi) is 32.2. The molecular formula is C74H126O15. The second-order valence-corrected chi connectivity index (χ2v) is 31.0. The summed E-state index contributed by atoms with van der Waals surface area (Å²) in [6.07, 6.45) is 30.5. The summed E-state index contributed by atoms with van der Waals surface area (Å²) >= 11 is 0. The van der Waals surface area contributed by atoms with Crippen LogP contribution < -0.4 is 0 Å². The van der Waals surface area contributed by atoms with E-state index in [1.165, 1.54) is 32.8 Å². The SMILES string of the molecule is CC1CC=CC(C)(C(=O)OC(C)C(COC(=O)C2(C)CCCC(C)C2)OC(=O)C2(C)C=CCC(C)C2)C1.CC1CCCC(C)(C(=O)OCCO)C1.CCOC(=O)C1(C)CCCC(C)C1.CCOC(=O)C1(C)CCCC(C)C1.COC(=O)C1(C)CCCC(C)C1. The highest BCUT2D eigenvalue weighted by Crippen LogP contribution is 2.45. The lowest BCUT2D eigenvalue weighted by atomic mass is 9.71. The molecule has 7 aliphatic carbocycles. The van der Waals surface area contributed by atoms with E-state index in [2.05, 4.69) is 48.5 Å². The molecule has 5 saturated carbocycles. The first-order chi connectivity index (χ1) is 41.6. The summed E-state index contributed by atoms with van der Waals surface area (Å²) in [5.41, 5.74) is -2.95. The molecular weight excluding hydrogens is 1130 g/mol. The lowest BCUT2D eigenvalue weighted by Gasteiger charge is -2.36. The Bertz CT molecular complexity index is 2270. The molecule has 0 bridgehead atoms. The predicted molar refractivity (Wildman–Crippen MR) is 350 cm³/mol. The fourth-order valence-electron chi connectivity index (χ4n) is 15.6. The molecule has 0 saturated heterocycles. The zero-order chi connectivity index (χ0) is 67.0. The molecule has 15 heteroatoms. The van der Waals surface area contributed by atoms with Gasteiger partial charge < -0.3 is 38.3 Å². The van der Waals surface area contributed by atoms with Crippen molar-refractivity contribution < 1.29 is 71.8 Å². The topological polar surface area (TPSA) is 204 Å². The van der Waals surface area contributed by atoms with E-state index in [4.69, 9.17) is 38.3 Å². The minimum Gasteiger partial charge on any atom is -0.469 e. The number of carbonyl (C=O) groups excluding carboxylic acids is 7. The standard InChI is InChI=1S/C31H48O6.C11H20O3.2C11H20O2.C10H18O2/c1-21-11-8-14-29(5,17-21)26(32)35-20-25(37-28(34)31(7)16-10-13-23(3)19-31)24(4)36-27(33)30(6)15-9-12-22(2)18-30;1-9-4-3-5-11(2,8-9)10(13)14-7-6-12;2*1-4-13-10(12)11(3)7-5-6-9(2)8-11;1-8-5-4-6-10(2,7-8)9(11)12-3/h9-10,15-16,21-25H,8,11-14,17-20H2,1-7H3;9,12H,3-8H2,1-2H3;2*9H,4-8H2,1-3H3;8H,4-7H2,1-3H3. The fourth-order valence-corrected chi connectivity index (χ4v) is 15.6. The van der Waals surface area contributed by atoms with Gasteiger partial charge in [0, 0.05) is 0 Å². The molecule has 0 aliphatic heterocycles. The first-order valence-corrected chi connectivity index (χ1v) is 34.8. The lowest BCUT2D eigenvalue weighted by Crippen LogP contribution is -2.45. The maximum Gasteiger partial charge on any atom is 0.316 e. The number of aliphatic hydroxyl groups is 1. The van der Waals surface area contributed by atoms with Gasteiger partial charge in [-0.15, -0.1) is 0 Å². The normalized spacial score (nSPS) is 35.5. The van der Waals surface area contributed by atoms with E-state index < -0.39 is 28.5 Å². The van der Waals surface area contributed by atoms with Crippen LogP contribution in [0.25, 0.3) is 0 Å². The third-order valence-corrected chi connectivity index (χ3v) is 20.6. The number of hydrogen-bond donors (Lipinski definition) is 1. The van der Waals surface area contributed by atoms with Crippen LogP contribution >= 0.6 is 0 Å². The molecule has 0 aromatic heterocycles. The van der Waals surface area contributed by atoms with Crippen molar-refractivity contribution in [2.45, 2.75) is 284 Å². The van der Waals surface area contributed by atoms with Crippen LogP contribution in [0, 0.1) is 79.3 Å². The average molecular weight is 1260 g/mol. The van der Waals surface area contributed by atoms with E-state index in [9.17, 15) is 33.6 Å². The van der Waals surface area contributed by atoms with Gasteiger partial charge in [0.2, 0.25) is 0 Å². The number of esters is 7. The van der Waals surface area contributed by atoms with Gasteiger partial charge in [-0.2, -0.15) is 0 Å². The van der Waals surface area contributed by atoms with Gasteiger partial charge in [-0.05, 0) is 201 Å². The summed E-state index contributed by atoms with van der Waals surface area (Å²) < 4.78 is 37.6. The molecule has 0 aromatic carbocycles. The number of ether oxygens (including phenoxy) is 7. The summed E-state index contributed by atoms with van der Waals surface area (Å²) in [6, 6.07) is 0. The Morgan fingerprint density at radius 3 is 1.02 bits per heavy atom. The first-order valence-electron chi connectivity index (χ1n) is 34.8. The molecule has 1 N–H and O–H groups in total. The monoisotopic (exact) mass is 1250 g/mol. The van der Waals surface area contributed by atoms with Gasteiger partial charge in [0.1, 0.15) is 19.3 Å². The van der Waals surface area contributed by atoms with Gasteiger partial charge in [0.05, 0.1) is 64.8 Å². The molecule has 89 heavy (non-hydrogen) atoms. The molecule has 7 aliphatic rings. The zero-order valence-electron chi connectivity index (χ0n) is 59.2. The van der Waals surface area contributed by atoms with E-state index in [0.29, 0.717) is 67.5 Å². The third kappa shape index (κ3) is 24.6. The molecule has 0 aromatic rings. The average Bonchev–Trinajstić information content (AvgIpc) is 2.82. The summed E-state index contributed by atoms with van der Waals surface area (Å²) in [7, 11) is 1.48. The van der Waals surface area contributed by atoms with Crippen molar-refractivity contribution in [3.63, 3.8) is 0 Å². The Morgan fingerprint density at radius 1 is 0.427 bits per heavy atom. The molecule has 0 heterocycles. The Morgan fingerprint density at radius 2 is 0.730 bits per heavy atom. The summed E-state index contributed by atoms with van der Waals surface area (Å²) in [6.45, 7) is 35.4. The van der Waals surface area contributed by atoms with Crippen molar-refractivity contribution in [2.75, 3.05) is 40.1 Å². The van der Waals surface area contributed by atoms with Gasteiger partial charge in [0.25, 0.3) is 0 Å². The predicted octanol–water partition coefficient (Wildman–Crippen LogP) is 16.2. The number of methoxy groups -OCH3 is 1. The highest BCUT2D eigenvalue weighted by Gasteiger charge is 2.45. The molecule has 512 valence electrons. The van der Waals surface area contributed by atoms with Crippen LogP contribution in [-0.4, -0.2) is 99.2 Å². The van der Waals surface area contributed by atoms with Gasteiger partial charge in [-0.3, -0.25) is 33.6 Å². The van der Waals surface area contributed by atoms with Crippen molar-refractivity contribution in [3.8, 4) is 0 Å². The van der Waals surface area contributed by atoms with Gasteiger partial charge in [0.15, 0.2) is 6.10 Å². The van der Waals surface area contributed by atoms with Gasteiger partial charge >= 0.3 is 41.8 Å². The zero-order valence-corrected chi connectivity index (χ0v) is 59.2. The van der Waals surface area contributed by atoms with Crippen LogP contribution in [-0.2, 0) is 66.7 Å². The molecule has 5 fully saturated rings. The molecule has 16 atom stereocenters. The molecule has 15 nitrogen and oxygen atoms in total. The van der Waals surface area contributed by atoms with Crippen LogP contribution in [0.4, 0.5) is 0 Å². The second kappa shape index (κ2) is 36.3. The smallest absolute Gasteiger partial charge is 0.316 e. The fraction of sp³-hybridized carbons (Fsp3) is 0.851. The van der Waals surface area contributed by atoms with Gasteiger partial charge in [-0.1, -0.05) is 137 Å². The van der Waals surface area contributed by atoms with Crippen molar-refractivity contribution in [1.82, 2.24) is 0 Å². The number of hydrogen-bond acceptors (Lipinski definition) is 15. The van der Waals surface area contributed by atoms with Crippen LogP contribution in [0.15, 0.2) is 24.3 Å². The quantitative estimate of drug-likeness (QED) is 0.0867. The van der Waals surface area contributed by atoms with Gasteiger partial charge in [-0.25, -0.2) is 0 Å². The van der Waals surface area contributed by atoms with Crippen molar-refractivity contribution in [2.24, 2.45) is 79.3 Å². The van der Waals surface area contributed by atoms with Crippen LogP contribution in [0.1, 0.15) is 272 Å². The molecule has 0 radical (unpaired) electrons. The maximum absolute atomic E-state index is 13.4. The van der Waals surface area contributed by atoms with E-state index >= 15 is 0 Å². The van der Waals surface area contributed by atoms with Crippen LogP contribution in [0.3, 0.4) is 0 Å². The largest absolute Gasteiger partial charge is 0.469 e. The minimum absolute atomic E-state index is 0.00144. The van der Waals surface area contributed by atoms with E-state index in [-0.39, 0.29) is 83.3 Å². The number of allylic oxidation sites excluding steroid dienone is 2. The molecule has 0 spiro atoms. The summed E-state index contributed by atoms with van der Waals surface area (Å²) in [5, 5.41) is 8.57. The maximum atomic E-state index is 13.4. The number of rotatable bonds is 16. The third-order valence-electron chi connectivity index (χ3n) is 20.6. The van der Waals surface area contributed by atoms with E-state index in [0.717, 1.165) is 116 Å².